The standard InChI is InChI=1S/C10H21NO/c1-3-5-11-8-9-6-10(7-9)12-4-2/h9-11H,3-8H2,1-2H3. The smallest absolute Gasteiger partial charge is 0.0581 e. The Labute approximate surface area is 75.7 Å². The minimum atomic E-state index is 0.573. The molecular formula is C10H21NO. The van der Waals surface area contributed by atoms with Crippen LogP contribution >= 0.6 is 0 Å². The van der Waals surface area contributed by atoms with Crippen molar-refractivity contribution in [3.05, 3.63) is 0 Å². The van der Waals surface area contributed by atoms with Crippen molar-refractivity contribution in [2.45, 2.75) is 39.2 Å². The molecule has 0 aromatic heterocycles. The maximum Gasteiger partial charge on any atom is 0.0581 e. The molecule has 0 amide bonds. The van der Waals surface area contributed by atoms with E-state index in [0.29, 0.717) is 6.10 Å². The highest BCUT2D eigenvalue weighted by molar-refractivity contribution is 4.81. The van der Waals surface area contributed by atoms with Crippen LogP contribution < -0.4 is 5.32 Å². The van der Waals surface area contributed by atoms with Crippen molar-refractivity contribution in [1.29, 1.82) is 0 Å². The summed E-state index contributed by atoms with van der Waals surface area (Å²) in [5, 5.41) is 3.44. The lowest BCUT2D eigenvalue weighted by atomic mass is 9.82. The van der Waals surface area contributed by atoms with Crippen molar-refractivity contribution < 1.29 is 4.74 Å². The van der Waals surface area contributed by atoms with Crippen LogP contribution in [0.25, 0.3) is 0 Å². The van der Waals surface area contributed by atoms with Crippen LogP contribution in [0.15, 0.2) is 0 Å². The van der Waals surface area contributed by atoms with Gasteiger partial charge in [-0.25, -0.2) is 0 Å². The van der Waals surface area contributed by atoms with E-state index < -0.39 is 0 Å². The summed E-state index contributed by atoms with van der Waals surface area (Å²) in [6.07, 6.45) is 4.35. The van der Waals surface area contributed by atoms with E-state index in [4.69, 9.17) is 4.74 Å². The van der Waals surface area contributed by atoms with Gasteiger partial charge in [0.2, 0.25) is 0 Å². The van der Waals surface area contributed by atoms with Crippen LogP contribution in [0.3, 0.4) is 0 Å². The number of rotatable bonds is 6. The molecule has 1 aliphatic rings. The molecule has 1 N–H and O–H groups in total. The van der Waals surface area contributed by atoms with Gasteiger partial charge in [0.05, 0.1) is 6.10 Å². The van der Waals surface area contributed by atoms with E-state index in [1.165, 1.54) is 25.8 Å². The molecule has 72 valence electrons. The molecule has 0 spiro atoms. The van der Waals surface area contributed by atoms with Crippen molar-refractivity contribution in [1.82, 2.24) is 5.32 Å². The minimum Gasteiger partial charge on any atom is -0.378 e. The van der Waals surface area contributed by atoms with Crippen molar-refractivity contribution >= 4 is 0 Å². The van der Waals surface area contributed by atoms with Gasteiger partial charge in [-0.15, -0.1) is 0 Å². The van der Waals surface area contributed by atoms with Crippen LogP contribution in [0.2, 0.25) is 0 Å². The molecule has 0 radical (unpaired) electrons. The van der Waals surface area contributed by atoms with Crippen molar-refractivity contribution in [3.63, 3.8) is 0 Å². The highest BCUT2D eigenvalue weighted by Crippen LogP contribution is 2.29. The van der Waals surface area contributed by atoms with Crippen LogP contribution in [0.5, 0.6) is 0 Å². The van der Waals surface area contributed by atoms with Gasteiger partial charge < -0.3 is 10.1 Å². The highest BCUT2D eigenvalue weighted by Gasteiger charge is 2.28. The number of ether oxygens (including phenoxy) is 1. The van der Waals surface area contributed by atoms with E-state index in [-0.39, 0.29) is 0 Å². The molecule has 1 fully saturated rings. The zero-order chi connectivity index (χ0) is 8.81. The first-order valence-electron chi connectivity index (χ1n) is 5.19. The fourth-order valence-corrected chi connectivity index (χ4v) is 1.70. The van der Waals surface area contributed by atoms with Crippen LogP contribution in [0.1, 0.15) is 33.1 Å². The molecule has 2 heteroatoms. The fraction of sp³-hybridized carbons (Fsp3) is 1.00. The summed E-state index contributed by atoms with van der Waals surface area (Å²) in [5.74, 6) is 0.882. The summed E-state index contributed by atoms with van der Waals surface area (Å²) in [4.78, 5) is 0. The number of hydrogen-bond acceptors (Lipinski definition) is 2. The topological polar surface area (TPSA) is 21.3 Å². The van der Waals surface area contributed by atoms with Crippen LogP contribution in [0.4, 0.5) is 0 Å². The van der Waals surface area contributed by atoms with Gasteiger partial charge in [-0.1, -0.05) is 6.92 Å². The van der Waals surface area contributed by atoms with Gasteiger partial charge in [0, 0.05) is 6.61 Å². The molecule has 1 saturated carbocycles. The van der Waals surface area contributed by atoms with E-state index in [9.17, 15) is 0 Å². The second-order valence-corrected chi connectivity index (χ2v) is 3.62. The summed E-state index contributed by atoms with van der Waals surface area (Å²) in [6.45, 7) is 7.51. The number of nitrogens with one attached hydrogen (secondary N) is 1. The predicted octanol–water partition coefficient (Wildman–Crippen LogP) is 1.80. The Balaban J connectivity index is 1.88. The molecule has 0 bridgehead atoms. The second-order valence-electron chi connectivity index (χ2n) is 3.62. The minimum absolute atomic E-state index is 0.573. The van der Waals surface area contributed by atoms with Crippen molar-refractivity contribution in [3.8, 4) is 0 Å². The lowest BCUT2D eigenvalue weighted by molar-refractivity contribution is -0.0237. The monoisotopic (exact) mass is 171 g/mol. The quantitative estimate of drug-likeness (QED) is 0.615. The van der Waals surface area contributed by atoms with Gasteiger partial charge in [-0.3, -0.25) is 0 Å². The lowest BCUT2D eigenvalue weighted by Gasteiger charge is -2.35. The molecule has 0 unspecified atom stereocenters. The summed E-state index contributed by atoms with van der Waals surface area (Å²) in [7, 11) is 0. The molecule has 0 aliphatic heterocycles. The molecule has 0 saturated heterocycles. The lowest BCUT2D eigenvalue weighted by Crippen LogP contribution is -2.38. The molecule has 12 heavy (non-hydrogen) atoms. The molecule has 0 atom stereocenters. The third kappa shape index (κ3) is 3.11. The average Bonchev–Trinajstić information content (AvgIpc) is 2.00. The fourth-order valence-electron chi connectivity index (χ4n) is 1.70. The molecule has 0 heterocycles. The Morgan fingerprint density at radius 2 is 2.08 bits per heavy atom. The second kappa shape index (κ2) is 5.55. The summed E-state index contributed by atoms with van der Waals surface area (Å²) < 4.78 is 5.49. The SMILES string of the molecule is CCCNCC1CC(OCC)C1. The van der Waals surface area contributed by atoms with Gasteiger partial charge in [-0.05, 0) is 45.2 Å². The van der Waals surface area contributed by atoms with Crippen molar-refractivity contribution in [2.75, 3.05) is 19.7 Å². The largest absolute Gasteiger partial charge is 0.378 e. The van der Waals surface area contributed by atoms with E-state index >= 15 is 0 Å². The Bertz CT molecular complexity index is 108. The Morgan fingerprint density at radius 3 is 2.67 bits per heavy atom. The molecule has 0 aromatic rings. The third-order valence-corrected chi connectivity index (χ3v) is 2.45. The van der Waals surface area contributed by atoms with Crippen LogP contribution in [-0.2, 0) is 4.74 Å². The normalized spacial score (nSPS) is 28.5. The van der Waals surface area contributed by atoms with E-state index in [1.54, 1.807) is 0 Å². The van der Waals surface area contributed by atoms with Gasteiger partial charge in [0.15, 0.2) is 0 Å². The van der Waals surface area contributed by atoms with Gasteiger partial charge >= 0.3 is 0 Å². The van der Waals surface area contributed by atoms with Gasteiger partial charge in [0.25, 0.3) is 0 Å². The van der Waals surface area contributed by atoms with Crippen molar-refractivity contribution in [2.24, 2.45) is 5.92 Å². The summed E-state index contributed by atoms with van der Waals surface area (Å²) >= 11 is 0. The molecule has 1 rings (SSSR count). The predicted molar refractivity (Wildman–Crippen MR) is 51.3 cm³/mol. The van der Waals surface area contributed by atoms with E-state index in [0.717, 1.165) is 19.1 Å². The first kappa shape index (κ1) is 10.0. The maximum atomic E-state index is 5.49. The van der Waals surface area contributed by atoms with Gasteiger partial charge in [-0.2, -0.15) is 0 Å². The molecule has 0 aromatic carbocycles. The van der Waals surface area contributed by atoms with E-state index in [2.05, 4.69) is 19.2 Å². The summed E-state index contributed by atoms with van der Waals surface area (Å²) in [6, 6.07) is 0. The zero-order valence-corrected chi connectivity index (χ0v) is 8.31. The molecular weight excluding hydrogens is 150 g/mol. The first-order chi connectivity index (χ1) is 5.86. The Morgan fingerprint density at radius 1 is 1.33 bits per heavy atom. The zero-order valence-electron chi connectivity index (χ0n) is 8.31. The van der Waals surface area contributed by atoms with Gasteiger partial charge in [0.1, 0.15) is 0 Å². The molecule has 1 aliphatic carbocycles. The first-order valence-corrected chi connectivity index (χ1v) is 5.19. The Kier molecular flexibility index (Phi) is 4.62. The maximum absolute atomic E-state index is 5.49. The third-order valence-electron chi connectivity index (χ3n) is 2.45. The highest BCUT2D eigenvalue weighted by atomic mass is 16.5. The number of hydrogen-bond donors (Lipinski definition) is 1. The van der Waals surface area contributed by atoms with E-state index in [1.807, 2.05) is 0 Å². The summed E-state index contributed by atoms with van der Waals surface area (Å²) in [5.41, 5.74) is 0. The average molecular weight is 171 g/mol. The Hall–Kier alpha value is -0.0800. The van der Waals surface area contributed by atoms with Crippen LogP contribution in [0, 0.1) is 5.92 Å². The van der Waals surface area contributed by atoms with Crippen LogP contribution in [-0.4, -0.2) is 25.8 Å². The molecule has 2 nitrogen and oxygen atoms in total.